The number of hydroxylamine groups is 2. The Hall–Kier alpha value is -2.53. The molecule has 1 saturated carbocycles. The Kier molecular flexibility index (Phi) is 5.01. The molecule has 5 nitrogen and oxygen atoms in total. The molecule has 3 N–H and O–H groups in total. The van der Waals surface area contributed by atoms with E-state index < -0.39 is 6.03 Å². The summed E-state index contributed by atoms with van der Waals surface area (Å²) in [5.41, 5.74) is 6.34. The van der Waals surface area contributed by atoms with Gasteiger partial charge in [0.25, 0.3) is 0 Å². The Morgan fingerprint density at radius 3 is 2.58 bits per heavy atom. The van der Waals surface area contributed by atoms with Crippen LogP contribution < -0.4 is 10.5 Å². The third kappa shape index (κ3) is 3.86. The van der Waals surface area contributed by atoms with Crippen molar-refractivity contribution in [3.63, 3.8) is 0 Å². The lowest BCUT2D eigenvalue weighted by Gasteiger charge is -2.33. The fourth-order valence-corrected chi connectivity index (χ4v) is 3.33. The number of benzene rings is 2. The lowest BCUT2D eigenvalue weighted by Crippen LogP contribution is -2.43. The maximum Gasteiger partial charge on any atom is 0.338 e. The molecule has 2 atom stereocenters. The normalized spacial score (nSPS) is 20.4. The molecule has 126 valence electrons. The Morgan fingerprint density at radius 2 is 1.83 bits per heavy atom. The fraction of sp³-hybridized carbons (Fsp3) is 0.316. The summed E-state index contributed by atoms with van der Waals surface area (Å²) < 4.78 is 5.89. The van der Waals surface area contributed by atoms with Gasteiger partial charge in [-0.3, -0.25) is 5.21 Å². The van der Waals surface area contributed by atoms with Crippen molar-refractivity contribution < 1.29 is 14.7 Å². The first-order valence-corrected chi connectivity index (χ1v) is 8.24. The third-order valence-corrected chi connectivity index (χ3v) is 4.53. The van der Waals surface area contributed by atoms with Crippen LogP contribution in [0.5, 0.6) is 11.5 Å². The summed E-state index contributed by atoms with van der Waals surface area (Å²) in [4.78, 5) is 11.2. The fourth-order valence-electron chi connectivity index (χ4n) is 3.33. The van der Waals surface area contributed by atoms with E-state index in [1.807, 2.05) is 48.5 Å². The van der Waals surface area contributed by atoms with E-state index in [1.54, 1.807) is 0 Å². The predicted octanol–water partition coefficient (Wildman–Crippen LogP) is 4.28. The molecule has 0 heterocycles. The van der Waals surface area contributed by atoms with Crippen LogP contribution in [0.4, 0.5) is 4.79 Å². The van der Waals surface area contributed by atoms with Crippen LogP contribution in [0.1, 0.15) is 37.2 Å². The maximum absolute atomic E-state index is 11.2. The van der Waals surface area contributed by atoms with Crippen LogP contribution in [0.2, 0.25) is 0 Å². The van der Waals surface area contributed by atoms with Crippen molar-refractivity contribution >= 4 is 6.03 Å². The molecule has 0 spiro atoms. The van der Waals surface area contributed by atoms with Crippen molar-refractivity contribution in [1.29, 1.82) is 0 Å². The summed E-state index contributed by atoms with van der Waals surface area (Å²) >= 11 is 0. The summed E-state index contributed by atoms with van der Waals surface area (Å²) in [6, 6.07) is 16.6. The number of carbonyl (C=O) groups excluding carboxylic acids is 1. The minimum atomic E-state index is -0.790. The van der Waals surface area contributed by atoms with Gasteiger partial charge in [0, 0.05) is 0 Å². The van der Waals surface area contributed by atoms with Crippen molar-refractivity contribution in [2.75, 3.05) is 0 Å². The maximum atomic E-state index is 11.2. The monoisotopic (exact) mass is 326 g/mol. The van der Waals surface area contributed by atoms with Gasteiger partial charge in [0.2, 0.25) is 0 Å². The molecule has 2 aromatic rings. The third-order valence-electron chi connectivity index (χ3n) is 4.53. The van der Waals surface area contributed by atoms with Crippen molar-refractivity contribution in [3.8, 4) is 11.5 Å². The lowest BCUT2D eigenvalue weighted by molar-refractivity contribution is -0.0858. The Labute approximate surface area is 141 Å². The number of para-hydroxylation sites is 1. The summed E-state index contributed by atoms with van der Waals surface area (Å²) in [6.45, 7) is 0. The second kappa shape index (κ2) is 7.36. The van der Waals surface area contributed by atoms with Crippen molar-refractivity contribution in [3.05, 3.63) is 60.2 Å². The second-order valence-electron chi connectivity index (χ2n) is 6.19. The second-order valence-corrected chi connectivity index (χ2v) is 6.19. The van der Waals surface area contributed by atoms with Crippen LogP contribution >= 0.6 is 0 Å². The number of amides is 2. The van der Waals surface area contributed by atoms with E-state index in [0.29, 0.717) is 11.5 Å². The highest BCUT2D eigenvalue weighted by molar-refractivity contribution is 5.70. The van der Waals surface area contributed by atoms with Crippen LogP contribution in [0, 0.1) is 0 Å². The van der Waals surface area contributed by atoms with Gasteiger partial charge in [0.05, 0.1) is 6.04 Å². The van der Waals surface area contributed by atoms with Crippen molar-refractivity contribution in [1.82, 2.24) is 5.06 Å². The first kappa shape index (κ1) is 16.3. The number of carbonyl (C=O) groups is 1. The molecule has 0 aromatic heterocycles. The smallest absolute Gasteiger partial charge is 0.338 e. The molecule has 0 radical (unpaired) electrons. The quantitative estimate of drug-likeness (QED) is 0.650. The van der Waals surface area contributed by atoms with E-state index in [0.717, 1.165) is 36.3 Å². The summed E-state index contributed by atoms with van der Waals surface area (Å²) in [5.74, 6) is 1.86. The Balaban J connectivity index is 1.72. The number of ether oxygens (including phenoxy) is 1. The van der Waals surface area contributed by atoms with Gasteiger partial charge in [-0.15, -0.1) is 0 Å². The Morgan fingerprint density at radius 1 is 1.08 bits per heavy atom. The van der Waals surface area contributed by atoms with E-state index in [1.165, 1.54) is 0 Å². The van der Waals surface area contributed by atoms with E-state index >= 15 is 0 Å². The molecule has 5 heteroatoms. The minimum Gasteiger partial charge on any atom is -0.457 e. The van der Waals surface area contributed by atoms with Gasteiger partial charge in [-0.2, -0.15) is 0 Å². The molecular weight excluding hydrogens is 304 g/mol. The number of nitrogens with two attached hydrogens (primary N) is 1. The number of urea groups is 1. The zero-order valence-electron chi connectivity index (χ0n) is 13.5. The van der Waals surface area contributed by atoms with Crippen molar-refractivity contribution in [2.45, 2.75) is 37.6 Å². The summed E-state index contributed by atoms with van der Waals surface area (Å²) in [5, 5.41) is 10.5. The topological polar surface area (TPSA) is 75.8 Å². The molecule has 0 bridgehead atoms. The first-order valence-electron chi connectivity index (χ1n) is 8.24. The standard InChI is InChI=1S/C19H22N2O3/c20-19(22)21(23)16-8-4-6-14(12-16)15-7-5-11-18(13-15)24-17-9-2-1-3-10-17/h1-3,5,7,9-11,13-14,16,23H,4,6,8,12H2,(H2,20,22)/t14-,16-/m0/s1. The number of nitrogens with zero attached hydrogens (tertiary/aromatic N) is 1. The molecule has 1 aliphatic carbocycles. The van der Waals surface area contributed by atoms with E-state index in [4.69, 9.17) is 10.5 Å². The van der Waals surface area contributed by atoms with Gasteiger partial charge in [-0.25, -0.2) is 9.86 Å². The van der Waals surface area contributed by atoms with Crippen LogP contribution in [0.3, 0.4) is 0 Å². The molecule has 1 fully saturated rings. The van der Waals surface area contributed by atoms with E-state index in [-0.39, 0.29) is 12.0 Å². The molecular formula is C19H22N2O3. The molecule has 2 aromatic carbocycles. The largest absolute Gasteiger partial charge is 0.457 e. The van der Waals surface area contributed by atoms with Crippen LogP contribution in [0.25, 0.3) is 0 Å². The van der Waals surface area contributed by atoms with Gasteiger partial charge in [-0.05, 0) is 55.0 Å². The molecule has 3 rings (SSSR count). The average molecular weight is 326 g/mol. The summed E-state index contributed by atoms with van der Waals surface area (Å²) in [6.07, 6.45) is 3.45. The van der Waals surface area contributed by atoms with Crippen LogP contribution in [0.15, 0.2) is 54.6 Å². The molecule has 0 unspecified atom stereocenters. The molecule has 0 aliphatic heterocycles. The van der Waals surface area contributed by atoms with E-state index in [2.05, 4.69) is 6.07 Å². The molecule has 24 heavy (non-hydrogen) atoms. The highest BCUT2D eigenvalue weighted by Crippen LogP contribution is 2.36. The number of hydrogen-bond acceptors (Lipinski definition) is 3. The highest BCUT2D eigenvalue weighted by atomic mass is 16.5. The van der Waals surface area contributed by atoms with Gasteiger partial charge < -0.3 is 10.5 Å². The lowest BCUT2D eigenvalue weighted by atomic mass is 9.81. The van der Waals surface area contributed by atoms with Gasteiger partial charge in [0.1, 0.15) is 11.5 Å². The predicted molar refractivity (Wildman–Crippen MR) is 91.2 cm³/mol. The zero-order chi connectivity index (χ0) is 16.9. The highest BCUT2D eigenvalue weighted by Gasteiger charge is 2.29. The molecule has 2 amide bonds. The summed E-state index contributed by atoms with van der Waals surface area (Å²) in [7, 11) is 0. The van der Waals surface area contributed by atoms with Crippen molar-refractivity contribution in [2.24, 2.45) is 5.73 Å². The molecule has 1 aliphatic rings. The average Bonchev–Trinajstić information content (AvgIpc) is 2.62. The number of primary amides is 1. The van der Waals surface area contributed by atoms with Crippen LogP contribution in [-0.4, -0.2) is 22.3 Å². The Bertz CT molecular complexity index is 690. The van der Waals surface area contributed by atoms with Crippen LogP contribution in [-0.2, 0) is 0 Å². The van der Waals surface area contributed by atoms with Gasteiger partial charge in [-0.1, -0.05) is 36.8 Å². The SMILES string of the molecule is NC(=O)N(O)[C@H]1CCC[C@H](c2cccc(Oc3ccccc3)c2)C1. The number of rotatable bonds is 4. The first-order chi connectivity index (χ1) is 11.6. The zero-order valence-corrected chi connectivity index (χ0v) is 13.5. The number of hydrogen-bond donors (Lipinski definition) is 2. The van der Waals surface area contributed by atoms with Gasteiger partial charge in [0.15, 0.2) is 0 Å². The van der Waals surface area contributed by atoms with E-state index in [9.17, 15) is 10.0 Å². The minimum absolute atomic E-state index is 0.222. The molecule has 0 saturated heterocycles. The van der Waals surface area contributed by atoms with Gasteiger partial charge >= 0.3 is 6.03 Å².